The Kier molecular flexibility index (Phi) is 7.65. The third-order valence-electron chi connectivity index (χ3n) is 6.44. The van der Waals surface area contributed by atoms with Crippen LogP contribution >= 0.6 is 11.6 Å². The number of benzene rings is 1. The number of piperazine rings is 1. The molecule has 1 aliphatic rings. The highest BCUT2D eigenvalue weighted by atomic mass is 35.5. The molecule has 0 spiro atoms. The number of carbonyl (C=O) groups excluding carboxylic acids is 2. The summed E-state index contributed by atoms with van der Waals surface area (Å²) in [5.74, 6) is 0.439. The number of nitrogens with zero attached hydrogens (tertiary/aromatic N) is 4. The molecule has 1 saturated heterocycles. The number of nitrogens with two attached hydrogens (primary N) is 1. The van der Waals surface area contributed by atoms with Crippen LogP contribution in [0.25, 0.3) is 28.3 Å². The first-order chi connectivity index (χ1) is 19.3. The van der Waals surface area contributed by atoms with Gasteiger partial charge in [0.15, 0.2) is 5.58 Å². The van der Waals surface area contributed by atoms with E-state index in [1.165, 1.54) is 17.2 Å². The average Bonchev–Trinajstić information content (AvgIpc) is 3.39. The molecule has 0 radical (unpaired) electrons. The maximum Gasteiger partial charge on any atom is 0.407 e. The lowest BCUT2D eigenvalue weighted by Gasteiger charge is -2.33. The van der Waals surface area contributed by atoms with Gasteiger partial charge in [0.1, 0.15) is 11.6 Å². The number of nitrogens with one attached hydrogen (secondary N) is 1. The molecule has 0 unspecified atom stereocenters. The van der Waals surface area contributed by atoms with Crippen LogP contribution in [-0.4, -0.2) is 69.0 Å². The van der Waals surface area contributed by atoms with Crippen molar-refractivity contribution >= 4 is 52.4 Å². The topological polar surface area (TPSA) is 155 Å². The lowest BCUT2D eigenvalue weighted by atomic mass is 10.1. The lowest BCUT2D eigenvalue weighted by molar-refractivity contribution is -0.116. The van der Waals surface area contributed by atoms with Crippen LogP contribution in [0.15, 0.2) is 65.4 Å². The first-order valence-corrected chi connectivity index (χ1v) is 12.8. The van der Waals surface area contributed by atoms with Crippen LogP contribution in [0, 0.1) is 0 Å². The molecular weight excluding hydrogens is 536 g/mol. The normalized spacial score (nSPS) is 13.6. The van der Waals surface area contributed by atoms with Crippen molar-refractivity contribution in [2.45, 2.75) is 6.54 Å². The second-order valence-electron chi connectivity index (χ2n) is 9.15. The van der Waals surface area contributed by atoms with Gasteiger partial charge in [0.25, 0.3) is 5.91 Å². The van der Waals surface area contributed by atoms with E-state index in [9.17, 15) is 14.4 Å². The fourth-order valence-electron chi connectivity index (χ4n) is 4.29. The first kappa shape index (κ1) is 26.7. The van der Waals surface area contributed by atoms with Crippen molar-refractivity contribution < 1.29 is 23.9 Å². The van der Waals surface area contributed by atoms with E-state index >= 15 is 0 Å². The summed E-state index contributed by atoms with van der Waals surface area (Å²) < 4.78 is 5.85. The van der Waals surface area contributed by atoms with Gasteiger partial charge in [-0.15, -0.1) is 0 Å². The van der Waals surface area contributed by atoms with Gasteiger partial charge in [-0.25, -0.2) is 9.78 Å². The molecule has 1 aliphatic heterocycles. The largest absolute Gasteiger partial charge is 0.465 e. The highest BCUT2D eigenvalue weighted by Crippen LogP contribution is 2.32. The van der Waals surface area contributed by atoms with Crippen LogP contribution < -0.4 is 11.1 Å². The number of carboxylic acid groups (broad SMARTS) is 1. The number of nitrogen functional groups attached to an aromatic ring is 1. The van der Waals surface area contributed by atoms with E-state index in [2.05, 4.69) is 15.3 Å². The number of pyridine rings is 2. The van der Waals surface area contributed by atoms with Gasteiger partial charge >= 0.3 is 6.09 Å². The molecule has 0 saturated carbocycles. The highest BCUT2D eigenvalue weighted by Gasteiger charge is 2.24. The number of amides is 3. The lowest BCUT2D eigenvalue weighted by Crippen LogP contribution is -2.50. The van der Waals surface area contributed by atoms with Crippen molar-refractivity contribution in [2.75, 3.05) is 31.9 Å². The number of hydrogen-bond donors (Lipinski definition) is 3. The Labute approximate surface area is 233 Å². The van der Waals surface area contributed by atoms with E-state index < -0.39 is 6.09 Å². The summed E-state index contributed by atoms with van der Waals surface area (Å²) in [6.07, 6.45) is 5.13. The standard InChI is InChI=1S/C28H25ClN6O5/c29-22-13-19(23-4-3-18(15-31-23)27(37)34-7-9-35(10-8-34)28(38)39)11-20-12-21(40-26(20)22)16-33-25(36)6-2-17-1-5-24(30)32-14-17/h1-6,11-15H,7-10,16H2,(H2,30,32)(H,33,36)(H,38,39). The van der Waals surface area contributed by atoms with Crippen molar-refractivity contribution in [1.82, 2.24) is 25.1 Å². The molecule has 0 atom stereocenters. The Morgan fingerprint density at radius 1 is 1.02 bits per heavy atom. The highest BCUT2D eigenvalue weighted by molar-refractivity contribution is 6.35. The minimum atomic E-state index is -0.983. The van der Waals surface area contributed by atoms with Crippen LogP contribution in [0.2, 0.25) is 5.02 Å². The summed E-state index contributed by atoms with van der Waals surface area (Å²) in [4.78, 5) is 47.5. The van der Waals surface area contributed by atoms with E-state index in [1.807, 2.05) is 6.07 Å². The Morgan fingerprint density at radius 2 is 1.80 bits per heavy atom. The quantitative estimate of drug-likeness (QED) is 0.300. The van der Waals surface area contributed by atoms with E-state index in [1.54, 1.807) is 53.6 Å². The van der Waals surface area contributed by atoms with Crippen LogP contribution in [0.4, 0.5) is 10.6 Å². The molecule has 0 bridgehead atoms. The average molecular weight is 561 g/mol. The number of anilines is 1. The number of furan rings is 1. The van der Waals surface area contributed by atoms with Crippen molar-refractivity contribution in [3.05, 3.63) is 82.8 Å². The van der Waals surface area contributed by atoms with Gasteiger partial charge in [-0.2, -0.15) is 0 Å². The van der Waals surface area contributed by atoms with Crippen molar-refractivity contribution in [3.63, 3.8) is 0 Å². The molecule has 3 amide bonds. The third-order valence-corrected chi connectivity index (χ3v) is 6.72. The molecule has 12 heteroatoms. The smallest absolute Gasteiger partial charge is 0.407 e. The van der Waals surface area contributed by atoms with Crippen LogP contribution in [0.1, 0.15) is 21.7 Å². The van der Waals surface area contributed by atoms with Crippen LogP contribution in [0.3, 0.4) is 0 Å². The van der Waals surface area contributed by atoms with E-state index in [-0.39, 0.29) is 31.4 Å². The zero-order valence-electron chi connectivity index (χ0n) is 21.2. The maximum atomic E-state index is 12.8. The molecule has 1 aromatic carbocycles. The molecule has 4 aromatic rings. The molecule has 3 aromatic heterocycles. The predicted octanol–water partition coefficient (Wildman–Crippen LogP) is 3.89. The zero-order chi connectivity index (χ0) is 28.2. The number of halogens is 1. The summed E-state index contributed by atoms with van der Waals surface area (Å²) in [5, 5.41) is 13.0. The molecule has 4 heterocycles. The molecule has 5 rings (SSSR count). The van der Waals surface area contributed by atoms with Gasteiger partial charge in [0.05, 0.1) is 22.8 Å². The molecule has 4 N–H and O–H groups in total. The molecular formula is C28H25ClN6O5. The number of fused-ring (bicyclic) bond motifs is 1. The van der Waals surface area contributed by atoms with E-state index in [0.29, 0.717) is 46.5 Å². The van der Waals surface area contributed by atoms with Gasteiger partial charge in [0, 0.05) is 55.6 Å². The Morgan fingerprint density at radius 3 is 2.48 bits per heavy atom. The summed E-state index contributed by atoms with van der Waals surface area (Å²) in [7, 11) is 0. The molecule has 0 aliphatic carbocycles. The van der Waals surface area contributed by atoms with Crippen LogP contribution in [-0.2, 0) is 11.3 Å². The summed E-state index contributed by atoms with van der Waals surface area (Å²) in [5.41, 5.74) is 8.58. The zero-order valence-corrected chi connectivity index (χ0v) is 22.0. The van der Waals surface area contributed by atoms with Gasteiger partial charge in [0.2, 0.25) is 5.91 Å². The molecule has 40 heavy (non-hydrogen) atoms. The maximum absolute atomic E-state index is 12.8. The SMILES string of the molecule is Nc1ccc(C=CC(=O)NCc2cc3cc(-c4ccc(C(=O)N5CCN(C(=O)O)CC5)cn4)cc(Cl)c3o2)cn1. The number of aromatic nitrogens is 2. The van der Waals surface area contributed by atoms with E-state index in [0.717, 1.165) is 16.5 Å². The number of hydrogen-bond acceptors (Lipinski definition) is 7. The first-order valence-electron chi connectivity index (χ1n) is 12.4. The monoisotopic (exact) mass is 560 g/mol. The van der Waals surface area contributed by atoms with Crippen molar-refractivity contribution in [1.29, 1.82) is 0 Å². The third kappa shape index (κ3) is 6.05. The minimum Gasteiger partial charge on any atom is -0.465 e. The summed E-state index contributed by atoms with van der Waals surface area (Å²) >= 11 is 6.49. The van der Waals surface area contributed by atoms with Gasteiger partial charge in [-0.05, 0) is 54.1 Å². The van der Waals surface area contributed by atoms with E-state index in [4.69, 9.17) is 26.9 Å². The Hall–Kier alpha value is -4.90. The predicted molar refractivity (Wildman–Crippen MR) is 149 cm³/mol. The van der Waals surface area contributed by atoms with Crippen molar-refractivity contribution in [3.8, 4) is 11.3 Å². The fraction of sp³-hybridized carbons (Fsp3) is 0.179. The second-order valence-corrected chi connectivity index (χ2v) is 9.56. The molecule has 1 fully saturated rings. The minimum absolute atomic E-state index is 0.166. The van der Waals surface area contributed by atoms with Gasteiger partial charge < -0.3 is 30.4 Å². The number of carbonyl (C=O) groups is 3. The Bertz CT molecular complexity index is 1590. The number of rotatable bonds is 6. The summed E-state index contributed by atoms with van der Waals surface area (Å²) in [6.45, 7) is 1.38. The Balaban J connectivity index is 1.23. The second kappa shape index (κ2) is 11.5. The van der Waals surface area contributed by atoms with Gasteiger partial charge in [-0.3, -0.25) is 14.6 Å². The van der Waals surface area contributed by atoms with Crippen LogP contribution in [0.5, 0.6) is 0 Å². The molecule has 11 nitrogen and oxygen atoms in total. The van der Waals surface area contributed by atoms with Crippen molar-refractivity contribution in [2.24, 2.45) is 0 Å². The fourth-order valence-corrected chi connectivity index (χ4v) is 4.56. The molecule has 204 valence electrons. The summed E-state index contributed by atoms with van der Waals surface area (Å²) in [6, 6.07) is 12.2. The van der Waals surface area contributed by atoms with Gasteiger partial charge in [-0.1, -0.05) is 11.6 Å².